The topological polar surface area (TPSA) is 134 Å². The third kappa shape index (κ3) is 5.93. The summed E-state index contributed by atoms with van der Waals surface area (Å²) in [6.07, 6.45) is 1.41. The molecule has 0 radical (unpaired) electrons. The zero-order chi connectivity index (χ0) is 26.7. The first-order valence-electron chi connectivity index (χ1n) is 10.3. The number of nitrogens with zero attached hydrogens (tertiary/aromatic N) is 2. The first kappa shape index (κ1) is 26.6. The third-order valence-corrected chi connectivity index (χ3v) is 8.10. The molecule has 0 aliphatic rings. The summed E-state index contributed by atoms with van der Waals surface area (Å²) in [5, 5.41) is 2.81. The molecule has 1 unspecified atom stereocenters. The van der Waals surface area contributed by atoms with Gasteiger partial charge in [-0.05, 0) is 48.0 Å². The molecule has 14 heteroatoms. The normalized spacial score (nSPS) is 12.1. The summed E-state index contributed by atoms with van der Waals surface area (Å²) in [4.78, 5) is 8.55. The van der Waals surface area contributed by atoms with Crippen molar-refractivity contribution >= 4 is 61.1 Å². The fourth-order valence-corrected chi connectivity index (χ4v) is 5.58. The molecule has 3 N–H and O–H groups in total. The molecule has 4 aromatic rings. The lowest BCUT2D eigenvalue weighted by atomic mass is 10.1. The van der Waals surface area contributed by atoms with Gasteiger partial charge in [-0.15, -0.1) is 0 Å². The third-order valence-electron chi connectivity index (χ3n) is 5.01. The van der Waals surface area contributed by atoms with Crippen LogP contribution in [-0.4, -0.2) is 29.7 Å². The largest absolute Gasteiger partial charge is 0.480 e. The molecule has 0 saturated carbocycles. The maximum absolute atomic E-state index is 14.9. The van der Waals surface area contributed by atoms with Crippen LogP contribution in [0.4, 0.5) is 21.7 Å². The predicted octanol–water partition coefficient (Wildman–Crippen LogP) is 5.74. The second-order valence-corrected chi connectivity index (χ2v) is 11.0. The Morgan fingerprint density at radius 2 is 1.84 bits per heavy atom. The Labute approximate surface area is 223 Å². The number of benzene rings is 3. The standard InChI is InChI=1S/C23H18Cl2FN5O4S2/c1-35-22-16(12-28-23(30-22)29-14-4-2-5-15(11-14)36(27)32)13-8-9-19(18(26)10-13)31-37(33,34)20-7-3-6-17(24)21(20)25/h2-12,27,31,36H,1H3,(H,28,29,30). The molecule has 0 aliphatic heterocycles. The minimum atomic E-state index is -4.22. The van der Waals surface area contributed by atoms with Gasteiger partial charge in [0.15, 0.2) is 0 Å². The summed E-state index contributed by atoms with van der Waals surface area (Å²) in [5.41, 5.74) is 0.899. The molecule has 0 aliphatic carbocycles. The first-order chi connectivity index (χ1) is 17.6. The number of anilines is 3. The maximum Gasteiger partial charge on any atom is 0.263 e. The van der Waals surface area contributed by atoms with Crippen molar-refractivity contribution in [2.75, 3.05) is 17.1 Å². The van der Waals surface area contributed by atoms with E-state index >= 15 is 0 Å². The van der Waals surface area contributed by atoms with Gasteiger partial charge in [-0.1, -0.05) is 41.4 Å². The van der Waals surface area contributed by atoms with Gasteiger partial charge in [0.05, 0.1) is 39.0 Å². The molecule has 0 spiro atoms. The van der Waals surface area contributed by atoms with E-state index in [0.717, 1.165) is 6.07 Å². The Morgan fingerprint density at radius 3 is 2.54 bits per heavy atom. The van der Waals surface area contributed by atoms with Crippen LogP contribution in [-0.2, 0) is 20.6 Å². The number of ether oxygens (including phenoxy) is 1. The zero-order valence-electron chi connectivity index (χ0n) is 18.9. The average Bonchev–Trinajstić information content (AvgIpc) is 2.86. The van der Waals surface area contributed by atoms with Crippen molar-refractivity contribution in [1.82, 2.24) is 9.97 Å². The molecule has 1 heterocycles. The number of halogens is 3. The average molecular weight is 582 g/mol. The van der Waals surface area contributed by atoms with Gasteiger partial charge in [0.1, 0.15) is 10.7 Å². The lowest BCUT2D eigenvalue weighted by molar-refractivity contribution is 0.399. The van der Waals surface area contributed by atoms with Crippen molar-refractivity contribution < 1.29 is 21.8 Å². The lowest BCUT2D eigenvalue weighted by Crippen LogP contribution is -2.14. The summed E-state index contributed by atoms with van der Waals surface area (Å²) in [6.45, 7) is 0. The van der Waals surface area contributed by atoms with Crippen molar-refractivity contribution in [3.63, 3.8) is 0 Å². The van der Waals surface area contributed by atoms with Gasteiger partial charge >= 0.3 is 0 Å². The number of thiol groups is 1. The number of hydrogen-bond donors (Lipinski definition) is 4. The van der Waals surface area contributed by atoms with Gasteiger partial charge in [0.2, 0.25) is 11.8 Å². The fourth-order valence-electron chi connectivity index (χ4n) is 3.28. The van der Waals surface area contributed by atoms with E-state index in [-0.39, 0.29) is 32.5 Å². The van der Waals surface area contributed by atoms with Crippen molar-refractivity contribution in [1.29, 1.82) is 4.78 Å². The zero-order valence-corrected chi connectivity index (χ0v) is 22.1. The van der Waals surface area contributed by atoms with Gasteiger partial charge in [-0.3, -0.25) is 9.50 Å². The van der Waals surface area contributed by atoms with Crippen LogP contribution in [0.5, 0.6) is 5.88 Å². The highest BCUT2D eigenvalue weighted by molar-refractivity contribution is 7.92. The van der Waals surface area contributed by atoms with E-state index < -0.39 is 26.4 Å². The number of nitrogens with one attached hydrogen (secondary N) is 3. The van der Waals surface area contributed by atoms with E-state index in [1.54, 1.807) is 24.3 Å². The van der Waals surface area contributed by atoms with E-state index in [2.05, 4.69) is 20.0 Å². The molecule has 9 nitrogen and oxygen atoms in total. The Balaban J connectivity index is 1.60. The molecule has 1 aromatic heterocycles. The van der Waals surface area contributed by atoms with Gasteiger partial charge in [0, 0.05) is 16.8 Å². The van der Waals surface area contributed by atoms with Gasteiger partial charge in [-0.25, -0.2) is 22.0 Å². The molecular formula is C23H18Cl2FN5O4S2. The van der Waals surface area contributed by atoms with E-state index in [0.29, 0.717) is 21.7 Å². The number of aromatic nitrogens is 2. The van der Waals surface area contributed by atoms with Gasteiger partial charge in [-0.2, -0.15) is 4.98 Å². The maximum atomic E-state index is 14.9. The Morgan fingerprint density at radius 1 is 1.08 bits per heavy atom. The summed E-state index contributed by atoms with van der Waals surface area (Å²) >= 11 is 11.9. The number of methoxy groups -OCH3 is 1. The molecule has 0 fully saturated rings. The molecule has 0 amide bonds. The van der Waals surface area contributed by atoms with Crippen LogP contribution in [0, 0.1) is 10.6 Å². The number of sulfonamides is 1. The van der Waals surface area contributed by atoms with Crippen molar-refractivity contribution in [3.8, 4) is 17.0 Å². The highest BCUT2D eigenvalue weighted by Gasteiger charge is 2.22. The SMILES string of the molecule is COc1nc(Nc2cccc([SH](=N)=O)c2)ncc1-c1ccc(NS(=O)(=O)c2cccc(Cl)c2Cl)c(F)c1. The van der Waals surface area contributed by atoms with E-state index in [1.807, 2.05) is 0 Å². The smallest absolute Gasteiger partial charge is 0.263 e. The van der Waals surface area contributed by atoms with Crippen molar-refractivity contribution in [3.05, 3.63) is 82.7 Å². The molecule has 192 valence electrons. The predicted molar refractivity (Wildman–Crippen MR) is 141 cm³/mol. The second kappa shape index (κ2) is 10.9. The Kier molecular flexibility index (Phi) is 7.83. The molecule has 3 aromatic carbocycles. The Bertz CT molecular complexity index is 1680. The molecule has 37 heavy (non-hydrogen) atoms. The van der Waals surface area contributed by atoms with Crippen molar-refractivity contribution in [2.45, 2.75) is 9.79 Å². The molecule has 4 rings (SSSR count). The summed E-state index contributed by atoms with van der Waals surface area (Å²) in [6, 6.07) is 14.4. The van der Waals surface area contributed by atoms with E-state index in [1.165, 1.54) is 43.6 Å². The molecule has 0 saturated heterocycles. The van der Waals surface area contributed by atoms with Crippen LogP contribution in [0.3, 0.4) is 0 Å². The molecule has 1 atom stereocenters. The first-order valence-corrected chi connectivity index (χ1v) is 13.8. The second-order valence-electron chi connectivity index (χ2n) is 7.44. The van der Waals surface area contributed by atoms with Crippen LogP contribution in [0.1, 0.15) is 0 Å². The lowest BCUT2D eigenvalue weighted by Gasteiger charge is -2.13. The van der Waals surface area contributed by atoms with Crippen LogP contribution in [0.25, 0.3) is 11.1 Å². The minimum Gasteiger partial charge on any atom is -0.480 e. The Hall–Kier alpha value is -3.45. The van der Waals surface area contributed by atoms with Crippen molar-refractivity contribution in [2.24, 2.45) is 0 Å². The van der Waals surface area contributed by atoms with E-state index in [9.17, 15) is 17.0 Å². The van der Waals surface area contributed by atoms with E-state index in [4.69, 9.17) is 32.7 Å². The minimum absolute atomic E-state index is 0.0463. The number of rotatable bonds is 8. The van der Waals surface area contributed by atoms with Crippen LogP contribution in [0.2, 0.25) is 10.0 Å². The van der Waals surface area contributed by atoms with Crippen LogP contribution >= 0.6 is 23.2 Å². The van der Waals surface area contributed by atoms with Gasteiger partial charge in [0.25, 0.3) is 10.0 Å². The molecule has 0 bridgehead atoms. The quantitative estimate of drug-likeness (QED) is 0.195. The highest BCUT2D eigenvalue weighted by Crippen LogP contribution is 2.33. The van der Waals surface area contributed by atoms with Crippen LogP contribution in [0.15, 0.2) is 76.7 Å². The summed E-state index contributed by atoms with van der Waals surface area (Å²) < 4.78 is 66.7. The monoisotopic (exact) mass is 581 g/mol. The fraction of sp³-hybridized carbons (Fsp3) is 0.0435. The summed E-state index contributed by atoms with van der Waals surface area (Å²) in [5.74, 6) is -0.579. The van der Waals surface area contributed by atoms with Gasteiger partial charge < -0.3 is 10.1 Å². The summed E-state index contributed by atoms with van der Waals surface area (Å²) in [7, 11) is -5.09. The highest BCUT2D eigenvalue weighted by atomic mass is 35.5. The van der Waals surface area contributed by atoms with Crippen LogP contribution < -0.4 is 14.8 Å². The number of hydrogen-bond acceptors (Lipinski definition) is 8. The molecular weight excluding hydrogens is 564 g/mol.